The van der Waals surface area contributed by atoms with Gasteiger partial charge in [0.05, 0.1) is 3.57 Å². The van der Waals surface area contributed by atoms with Crippen LogP contribution in [0.1, 0.15) is 5.56 Å². The monoisotopic (exact) mass is 438 g/mol. The van der Waals surface area contributed by atoms with Crippen LogP contribution in [-0.4, -0.2) is 9.50 Å². The van der Waals surface area contributed by atoms with E-state index < -0.39 is 20.7 Å². The molecule has 0 amide bonds. The molecular weight excluding hydrogens is 437 g/mol. The fraction of sp³-hybridized carbons (Fsp3) is 0. The van der Waals surface area contributed by atoms with E-state index in [2.05, 4.69) is 32.1 Å². The van der Waals surface area contributed by atoms with Crippen molar-refractivity contribution in [1.82, 2.24) is 4.98 Å². The molecule has 1 rings (SSSR count). The van der Waals surface area contributed by atoms with Crippen molar-refractivity contribution in [2.45, 2.75) is 0 Å². The van der Waals surface area contributed by atoms with Crippen molar-refractivity contribution in [1.29, 1.82) is 5.26 Å². The van der Waals surface area contributed by atoms with Crippen LogP contribution in [0.25, 0.3) is 0 Å². The van der Waals surface area contributed by atoms with Crippen molar-refractivity contribution in [3.8, 4) is 6.07 Å². The molecule has 1 aromatic heterocycles. The normalized spacial score (nSPS) is 9.69. The van der Waals surface area contributed by atoms with E-state index in [9.17, 15) is 0 Å². The average Bonchev–Trinajstić information content (AvgIpc) is 2.10. The summed E-state index contributed by atoms with van der Waals surface area (Å²) < 4.78 is 5.48. The van der Waals surface area contributed by atoms with E-state index in [0.717, 1.165) is 7.14 Å². The van der Waals surface area contributed by atoms with Crippen molar-refractivity contribution in [2.24, 2.45) is 0 Å². The zero-order valence-corrected chi connectivity index (χ0v) is 11.9. The van der Waals surface area contributed by atoms with Crippen molar-refractivity contribution < 1.29 is 0 Å². The van der Waals surface area contributed by atoms with Crippen LogP contribution >= 0.6 is 66.5 Å². The van der Waals surface area contributed by atoms with E-state index in [-0.39, 0.29) is 5.15 Å². The molecule has 1 heterocycles. The summed E-state index contributed by atoms with van der Waals surface area (Å²) in [4.78, 5) is 3.84. The van der Waals surface area contributed by atoms with Gasteiger partial charge < -0.3 is 0 Å². The third-order valence-electron chi connectivity index (χ3n) is 1.24. The Kier molecular flexibility index (Phi) is 4.35. The number of hydrogen-bond acceptors (Lipinski definition) is 2. The van der Waals surface area contributed by atoms with Crippen LogP contribution in [0, 0.1) is 18.5 Å². The molecule has 0 saturated heterocycles. The Morgan fingerprint density at radius 2 is 2.08 bits per heavy atom. The van der Waals surface area contributed by atoms with Gasteiger partial charge in [-0.2, -0.15) is 5.26 Å². The molecule has 0 saturated carbocycles. The predicted molar refractivity (Wildman–Crippen MR) is 71.5 cm³/mol. The lowest BCUT2D eigenvalue weighted by molar-refractivity contribution is 1.26. The highest BCUT2D eigenvalue weighted by Gasteiger charge is 2.13. The molecule has 0 bridgehead atoms. The molecule has 0 spiro atoms. The summed E-state index contributed by atoms with van der Waals surface area (Å²) in [7, 11) is 0. The summed E-state index contributed by atoms with van der Waals surface area (Å²) in [6.07, 6.45) is 0. The molecule has 0 N–H and O–H groups in total. The van der Waals surface area contributed by atoms with Gasteiger partial charge in [-0.1, -0.05) is 48.4 Å². The number of nitriles is 1. The number of pyridine rings is 1. The van der Waals surface area contributed by atoms with Crippen molar-refractivity contribution in [3.05, 3.63) is 23.0 Å². The third-order valence-corrected chi connectivity index (χ3v) is 6.03. The smallest absolute Gasteiger partial charge is 0.149 e. The zero-order valence-electron chi connectivity index (χ0n) is 6.11. The van der Waals surface area contributed by atoms with Crippen LogP contribution in [0.3, 0.4) is 0 Å². The van der Waals surface area contributed by atoms with Crippen LogP contribution in [-0.2, 0) is 0 Å². The molecule has 0 aliphatic heterocycles. The Labute approximate surface area is 109 Å². The topological polar surface area (TPSA) is 36.7 Å². The summed E-state index contributed by atoms with van der Waals surface area (Å²) >= 11 is 13.1. The number of hydrogen-bond donors (Lipinski definition) is 0. The molecule has 0 fully saturated rings. The molecule has 68 valence electrons. The van der Waals surface area contributed by atoms with Gasteiger partial charge in [-0.05, 0) is 22.6 Å². The standard InChI is InChI=1S/C7H2Cl2I2N2/c1-11-5-3(2-12)6(8)13-7(9)4(5)10/h1H2. The van der Waals surface area contributed by atoms with Gasteiger partial charge >= 0.3 is 0 Å². The van der Waals surface area contributed by atoms with Gasteiger partial charge in [0.25, 0.3) is 0 Å². The second-order valence-electron chi connectivity index (χ2n) is 1.94. The lowest BCUT2D eigenvalue weighted by Crippen LogP contribution is -1.94. The molecule has 0 aliphatic rings. The maximum absolute atomic E-state index is 8.81. The zero-order chi connectivity index (χ0) is 10.0. The SMILES string of the molecule is C=Ic1c(I)c(Cl)nc(Cl)c1C#N. The largest absolute Gasteiger partial charge is 0.222 e. The molecule has 6 heteroatoms. The molecule has 13 heavy (non-hydrogen) atoms. The quantitative estimate of drug-likeness (QED) is 0.497. The van der Waals surface area contributed by atoms with Gasteiger partial charge in [-0.3, -0.25) is 0 Å². The predicted octanol–water partition coefficient (Wildman–Crippen LogP) is 3.44. The van der Waals surface area contributed by atoms with Gasteiger partial charge in [0.2, 0.25) is 0 Å². The molecular formula is C7H2Cl2I2N2. The van der Waals surface area contributed by atoms with Gasteiger partial charge in [0, 0.05) is 3.57 Å². The fourth-order valence-electron chi connectivity index (χ4n) is 0.703. The van der Waals surface area contributed by atoms with Crippen LogP contribution in [0.4, 0.5) is 0 Å². The summed E-state index contributed by atoms with van der Waals surface area (Å²) in [5.74, 6) is 0. The minimum Gasteiger partial charge on any atom is -0.222 e. The number of halogens is 4. The summed E-state index contributed by atoms with van der Waals surface area (Å²) in [5, 5.41) is 9.34. The Morgan fingerprint density at radius 3 is 2.54 bits per heavy atom. The van der Waals surface area contributed by atoms with E-state index in [1.165, 1.54) is 0 Å². The molecule has 2 nitrogen and oxygen atoms in total. The number of aromatic nitrogens is 1. The molecule has 0 atom stereocenters. The Bertz CT molecular complexity index is 412. The highest BCUT2D eigenvalue weighted by atomic mass is 127. The number of rotatable bonds is 1. The minimum absolute atomic E-state index is 0.172. The second kappa shape index (κ2) is 4.87. The van der Waals surface area contributed by atoms with Crippen LogP contribution in [0.5, 0.6) is 0 Å². The first-order valence-electron chi connectivity index (χ1n) is 2.94. The molecule has 0 radical (unpaired) electrons. The summed E-state index contributed by atoms with van der Waals surface area (Å²) in [6, 6.07) is 2.01. The maximum Gasteiger partial charge on any atom is 0.149 e. The van der Waals surface area contributed by atoms with Gasteiger partial charge in [-0.15, -0.1) is 0 Å². The fourth-order valence-corrected chi connectivity index (χ4v) is 4.17. The maximum atomic E-state index is 8.81. The second-order valence-corrected chi connectivity index (χ2v) is 5.58. The van der Waals surface area contributed by atoms with Crippen LogP contribution in [0.2, 0.25) is 10.3 Å². The Hall–Kier alpha value is 0.550. The highest BCUT2D eigenvalue weighted by Crippen LogP contribution is 2.30. The molecule has 0 aliphatic carbocycles. The third kappa shape index (κ3) is 2.32. The van der Waals surface area contributed by atoms with E-state index >= 15 is 0 Å². The van der Waals surface area contributed by atoms with Crippen molar-refractivity contribution in [2.75, 3.05) is 0 Å². The minimum atomic E-state index is -0.463. The lowest BCUT2D eigenvalue weighted by Gasteiger charge is -2.03. The highest BCUT2D eigenvalue weighted by molar-refractivity contribution is 14.2. The van der Waals surface area contributed by atoms with Gasteiger partial charge in [0.15, 0.2) is 0 Å². The van der Waals surface area contributed by atoms with E-state index in [1.54, 1.807) is 0 Å². The first kappa shape index (κ1) is 11.6. The Balaban J connectivity index is 3.62. The van der Waals surface area contributed by atoms with E-state index in [1.807, 2.05) is 6.07 Å². The van der Waals surface area contributed by atoms with Crippen molar-refractivity contribution in [3.63, 3.8) is 0 Å². The molecule has 0 aromatic carbocycles. The molecule has 0 unspecified atom stereocenters. The average molecular weight is 439 g/mol. The van der Waals surface area contributed by atoms with Crippen molar-refractivity contribution >= 4 is 71.0 Å². The van der Waals surface area contributed by atoms with Crippen LogP contribution in [0.15, 0.2) is 0 Å². The first-order valence-corrected chi connectivity index (χ1v) is 7.38. The first-order chi connectivity index (χ1) is 6.11. The van der Waals surface area contributed by atoms with Gasteiger partial charge in [0.1, 0.15) is 21.9 Å². The lowest BCUT2D eigenvalue weighted by atomic mass is 10.3. The van der Waals surface area contributed by atoms with Crippen LogP contribution < -0.4 is 0 Å². The Morgan fingerprint density at radius 1 is 1.46 bits per heavy atom. The summed E-state index contributed by atoms with van der Waals surface area (Å²) in [5.41, 5.74) is 0.415. The molecule has 1 aromatic rings. The van der Waals surface area contributed by atoms with E-state index in [4.69, 9.17) is 28.5 Å². The number of nitrogens with zero attached hydrogens (tertiary/aromatic N) is 2. The summed E-state index contributed by atoms with van der Waals surface area (Å²) in [6.45, 7) is 0. The van der Waals surface area contributed by atoms with Gasteiger partial charge in [-0.25, -0.2) is 4.98 Å². The van der Waals surface area contributed by atoms with E-state index in [0.29, 0.717) is 10.7 Å².